The molecule has 214 valence electrons. The summed E-state index contributed by atoms with van der Waals surface area (Å²) in [5.74, 6) is -1.05. The summed E-state index contributed by atoms with van der Waals surface area (Å²) in [6, 6.07) is 7.26. The summed E-state index contributed by atoms with van der Waals surface area (Å²) in [6.07, 6.45) is 2.25. The molecule has 1 aromatic carbocycles. The molecule has 0 heterocycles. The lowest BCUT2D eigenvalue weighted by Gasteiger charge is -2.35. The summed E-state index contributed by atoms with van der Waals surface area (Å²) in [4.78, 5) is 53.6. The summed E-state index contributed by atoms with van der Waals surface area (Å²) >= 11 is 0. The summed E-state index contributed by atoms with van der Waals surface area (Å²) in [5.41, 5.74) is -0.0756. The first kappa shape index (κ1) is 32.9. The number of esters is 1. The molecule has 9 nitrogen and oxygen atoms in total. The van der Waals surface area contributed by atoms with Gasteiger partial charge in [0.25, 0.3) is 0 Å². The smallest absolute Gasteiger partial charge is 0.408 e. The largest absolute Gasteiger partial charge is 0.466 e. The van der Waals surface area contributed by atoms with Crippen molar-refractivity contribution in [3.63, 3.8) is 0 Å². The lowest BCUT2D eigenvalue weighted by molar-refractivity contribution is -0.144. The molecular weight excluding hydrogens is 486 g/mol. The van der Waals surface area contributed by atoms with Gasteiger partial charge in [-0.15, -0.1) is 0 Å². The molecule has 0 saturated heterocycles. The van der Waals surface area contributed by atoms with E-state index in [0.717, 1.165) is 12.8 Å². The van der Waals surface area contributed by atoms with E-state index in [1.165, 1.54) is 0 Å². The van der Waals surface area contributed by atoms with Gasteiger partial charge in [-0.3, -0.25) is 14.4 Å². The van der Waals surface area contributed by atoms with E-state index in [9.17, 15) is 19.2 Å². The minimum Gasteiger partial charge on any atom is -0.466 e. The van der Waals surface area contributed by atoms with E-state index in [1.807, 2.05) is 32.0 Å². The quantitative estimate of drug-likeness (QED) is 0.248. The Morgan fingerprint density at radius 1 is 1.00 bits per heavy atom. The minimum atomic E-state index is -0.933. The molecule has 0 aromatic heterocycles. The zero-order chi connectivity index (χ0) is 28.7. The second kappa shape index (κ2) is 16.7. The van der Waals surface area contributed by atoms with Crippen molar-refractivity contribution in [1.29, 1.82) is 0 Å². The number of carbonyl (C=O) groups excluding carboxylic acids is 4. The third kappa shape index (κ3) is 12.4. The molecule has 0 radical (unpaired) electrons. The standard InChI is InChI=1S/C29H47N3O6/c1-8-10-14-19-32(27(35)23(20-21(3)4)31-28(36)38-29(5,6)7)25(22-15-12-11-13-16-22)26(34)30-18-17-24(33)37-9-2/h11-13,15-16,21,23,25H,8-10,14,17-20H2,1-7H3,(H,30,34)(H,31,36). The zero-order valence-corrected chi connectivity index (χ0v) is 24.2. The fourth-order valence-electron chi connectivity index (χ4n) is 3.97. The van der Waals surface area contributed by atoms with Crippen molar-refractivity contribution < 1.29 is 28.7 Å². The molecule has 9 heteroatoms. The Hall–Kier alpha value is -3.10. The Morgan fingerprint density at radius 2 is 1.66 bits per heavy atom. The van der Waals surface area contributed by atoms with Crippen LogP contribution in [0.1, 0.15) is 92.2 Å². The molecule has 2 N–H and O–H groups in total. The van der Waals surface area contributed by atoms with Crippen molar-refractivity contribution in [2.45, 2.75) is 98.3 Å². The van der Waals surface area contributed by atoms with Crippen LogP contribution < -0.4 is 10.6 Å². The molecule has 0 aliphatic heterocycles. The first-order valence-electron chi connectivity index (χ1n) is 13.7. The van der Waals surface area contributed by atoms with Crippen LogP contribution in [0, 0.1) is 5.92 Å². The van der Waals surface area contributed by atoms with Crippen molar-refractivity contribution >= 4 is 23.9 Å². The summed E-state index contributed by atoms with van der Waals surface area (Å²) in [6.45, 7) is 13.7. The van der Waals surface area contributed by atoms with Gasteiger partial charge >= 0.3 is 12.1 Å². The topological polar surface area (TPSA) is 114 Å². The number of hydrogen-bond donors (Lipinski definition) is 2. The lowest BCUT2D eigenvalue weighted by atomic mass is 9.98. The van der Waals surface area contributed by atoms with Crippen molar-refractivity contribution in [1.82, 2.24) is 15.5 Å². The molecule has 0 saturated carbocycles. The Bertz CT molecular complexity index is 882. The van der Waals surface area contributed by atoms with Gasteiger partial charge in [0.2, 0.25) is 11.8 Å². The highest BCUT2D eigenvalue weighted by molar-refractivity contribution is 5.92. The van der Waals surface area contributed by atoms with Gasteiger partial charge in [0.15, 0.2) is 0 Å². The maximum absolute atomic E-state index is 14.1. The number of nitrogens with one attached hydrogen (secondary N) is 2. The van der Waals surface area contributed by atoms with Crippen LogP contribution in [-0.4, -0.2) is 60.1 Å². The van der Waals surface area contributed by atoms with Crippen LogP contribution in [0.4, 0.5) is 4.79 Å². The van der Waals surface area contributed by atoms with Gasteiger partial charge in [-0.2, -0.15) is 0 Å². The molecule has 0 aliphatic carbocycles. The predicted molar refractivity (Wildman–Crippen MR) is 147 cm³/mol. The van der Waals surface area contributed by atoms with Crippen LogP contribution in [0.5, 0.6) is 0 Å². The van der Waals surface area contributed by atoms with Gasteiger partial charge in [0, 0.05) is 13.1 Å². The van der Waals surface area contributed by atoms with Gasteiger partial charge in [0.05, 0.1) is 13.0 Å². The second-order valence-electron chi connectivity index (χ2n) is 10.7. The second-order valence-corrected chi connectivity index (χ2v) is 10.7. The molecule has 0 spiro atoms. The number of ether oxygens (including phenoxy) is 2. The number of hydrogen-bond acceptors (Lipinski definition) is 6. The minimum absolute atomic E-state index is 0.0288. The summed E-state index contributed by atoms with van der Waals surface area (Å²) in [5, 5.41) is 5.55. The number of rotatable bonds is 15. The predicted octanol–water partition coefficient (Wildman–Crippen LogP) is 4.76. The molecule has 0 bridgehead atoms. The fourth-order valence-corrected chi connectivity index (χ4v) is 3.97. The number of unbranched alkanes of at least 4 members (excludes halogenated alkanes) is 2. The van der Waals surface area contributed by atoms with Crippen molar-refractivity contribution in [2.75, 3.05) is 19.7 Å². The zero-order valence-electron chi connectivity index (χ0n) is 24.2. The molecule has 2 unspecified atom stereocenters. The average Bonchev–Trinajstić information content (AvgIpc) is 2.82. The number of nitrogens with zero attached hydrogens (tertiary/aromatic N) is 1. The Kier molecular flexibility index (Phi) is 14.5. The molecule has 0 aliphatic rings. The third-order valence-corrected chi connectivity index (χ3v) is 5.59. The van der Waals surface area contributed by atoms with Crippen LogP contribution >= 0.6 is 0 Å². The molecule has 1 aromatic rings. The van der Waals surface area contributed by atoms with Crippen LogP contribution in [0.2, 0.25) is 0 Å². The average molecular weight is 534 g/mol. The van der Waals surface area contributed by atoms with E-state index in [-0.39, 0.29) is 31.4 Å². The van der Waals surface area contributed by atoms with Gasteiger partial charge in [-0.05, 0) is 52.0 Å². The van der Waals surface area contributed by atoms with Crippen LogP contribution in [-0.2, 0) is 23.9 Å². The Balaban J connectivity index is 3.34. The highest BCUT2D eigenvalue weighted by Gasteiger charge is 2.36. The number of benzene rings is 1. The Labute approximate surface area is 228 Å². The molecule has 2 atom stereocenters. The van der Waals surface area contributed by atoms with Gasteiger partial charge in [0.1, 0.15) is 17.7 Å². The first-order valence-corrected chi connectivity index (χ1v) is 13.7. The monoisotopic (exact) mass is 533 g/mol. The maximum atomic E-state index is 14.1. The van der Waals surface area contributed by atoms with E-state index < -0.39 is 35.7 Å². The molecule has 0 fully saturated rings. The van der Waals surface area contributed by atoms with E-state index >= 15 is 0 Å². The Morgan fingerprint density at radius 3 is 2.21 bits per heavy atom. The van der Waals surface area contributed by atoms with Gasteiger partial charge in [-0.25, -0.2) is 4.79 Å². The molecule has 38 heavy (non-hydrogen) atoms. The normalized spacial score (nSPS) is 12.8. The van der Waals surface area contributed by atoms with Crippen molar-refractivity contribution in [3.05, 3.63) is 35.9 Å². The molecular formula is C29H47N3O6. The highest BCUT2D eigenvalue weighted by atomic mass is 16.6. The van der Waals surface area contributed by atoms with Crippen molar-refractivity contribution in [2.24, 2.45) is 5.92 Å². The van der Waals surface area contributed by atoms with Crippen LogP contribution in [0.25, 0.3) is 0 Å². The maximum Gasteiger partial charge on any atom is 0.408 e. The number of alkyl carbamates (subject to hydrolysis) is 1. The molecule has 1 rings (SSSR count). The number of carbonyl (C=O) groups is 4. The summed E-state index contributed by atoms with van der Waals surface area (Å²) < 4.78 is 10.4. The lowest BCUT2D eigenvalue weighted by Crippen LogP contribution is -2.53. The van der Waals surface area contributed by atoms with E-state index in [0.29, 0.717) is 24.9 Å². The van der Waals surface area contributed by atoms with Crippen LogP contribution in [0.3, 0.4) is 0 Å². The first-order chi connectivity index (χ1) is 17.9. The van der Waals surface area contributed by atoms with E-state index in [4.69, 9.17) is 9.47 Å². The van der Waals surface area contributed by atoms with Crippen molar-refractivity contribution in [3.8, 4) is 0 Å². The third-order valence-electron chi connectivity index (χ3n) is 5.59. The van der Waals surface area contributed by atoms with Crippen LogP contribution in [0.15, 0.2) is 30.3 Å². The van der Waals surface area contributed by atoms with E-state index in [2.05, 4.69) is 17.6 Å². The van der Waals surface area contributed by atoms with Gasteiger partial charge < -0.3 is 25.0 Å². The SMILES string of the molecule is CCCCCN(C(=O)C(CC(C)C)NC(=O)OC(C)(C)C)C(C(=O)NCCC(=O)OCC)c1ccccc1. The van der Waals surface area contributed by atoms with E-state index in [1.54, 1.807) is 44.7 Å². The summed E-state index contributed by atoms with van der Waals surface area (Å²) in [7, 11) is 0. The highest BCUT2D eigenvalue weighted by Crippen LogP contribution is 2.24. The molecule has 3 amide bonds. The number of amides is 3. The fraction of sp³-hybridized carbons (Fsp3) is 0.655. The van der Waals surface area contributed by atoms with Gasteiger partial charge in [-0.1, -0.05) is 63.9 Å².